The van der Waals surface area contributed by atoms with E-state index in [0.717, 1.165) is 12.1 Å². The molecule has 0 radical (unpaired) electrons. The Morgan fingerprint density at radius 1 is 1.00 bits per heavy atom. The highest BCUT2D eigenvalue weighted by Crippen LogP contribution is 2.31. The number of carbonyl (C=O) groups is 2. The molecule has 0 unspecified atom stereocenters. The van der Waals surface area contributed by atoms with Crippen molar-refractivity contribution in [1.29, 1.82) is 0 Å². The molecule has 0 aliphatic rings. The van der Waals surface area contributed by atoms with E-state index in [1.165, 1.54) is 21.3 Å². The van der Waals surface area contributed by atoms with E-state index in [1.807, 2.05) is 0 Å². The van der Waals surface area contributed by atoms with Gasteiger partial charge < -0.3 is 19.5 Å². The van der Waals surface area contributed by atoms with Crippen molar-refractivity contribution in [2.24, 2.45) is 0 Å². The Labute approximate surface area is 155 Å². The van der Waals surface area contributed by atoms with Gasteiger partial charge in [-0.15, -0.1) is 0 Å². The van der Waals surface area contributed by atoms with Gasteiger partial charge in [-0.2, -0.15) is 0 Å². The molecule has 0 saturated carbocycles. The number of amides is 1. The van der Waals surface area contributed by atoms with Gasteiger partial charge >= 0.3 is 5.97 Å². The second-order valence-corrected chi connectivity index (χ2v) is 5.54. The number of hydrogen-bond acceptors (Lipinski definition) is 5. The largest absolute Gasteiger partial charge is 0.493 e. The van der Waals surface area contributed by atoms with Crippen molar-refractivity contribution >= 4 is 11.9 Å². The number of ether oxygens (including phenoxy) is 3. The van der Waals surface area contributed by atoms with Crippen LogP contribution in [0.15, 0.2) is 36.4 Å². The first-order valence-corrected chi connectivity index (χ1v) is 7.94. The number of halogens is 2. The van der Waals surface area contributed by atoms with Gasteiger partial charge in [-0.1, -0.05) is 6.07 Å². The van der Waals surface area contributed by atoms with Gasteiger partial charge in [0.05, 0.1) is 39.4 Å². The normalized spacial score (nSPS) is 11.4. The van der Waals surface area contributed by atoms with Gasteiger partial charge in [0, 0.05) is 6.07 Å². The third kappa shape index (κ3) is 4.93. The summed E-state index contributed by atoms with van der Waals surface area (Å²) in [5.41, 5.74) is 0.181. The number of esters is 1. The molecular formula is C19H19F2NO5. The molecule has 6 nitrogen and oxygen atoms in total. The van der Waals surface area contributed by atoms with Crippen LogP contribution < -0.4 is 14.8 Å². The second kappa shape index (κ2) is 8.98. The summed E-state index contributed by atoms with van der Waals surface area (Å²) in [5.74, 6) is -2.31. The zero-order valence-corrected chi connectivity index (χ0v) is 15.0. The van der Waals surface area contributed by atoms with Crippen LogP contribution in [0.4, 0.5) is 8.78 Å². The number of methoxy groups -OCH3 is 3. The monoisotopic (exact) mass is 379 g/mol. The summed E-state index contributed by atoms with van der Waals surface area (Å²) >= 11 is 0. The molecule has 0 heterocycles. The molecule has 0 aliphatic carbocycles. The summed E-state index contributed by atoms with van der Waals surface area (Å²) in [6.45, 7) is 0. The number of benzene rings is 2. The third-order valence-corrected chi connectivity index (χ3v) is 3.89. The smallest absolute Gasteiger partial charge is 0.307 e. The van der Waals surface area contributed by atoms with Gasteiger partial charge in [0.2, 0.25) is 0 Å². The van der Waals surface area contributed by atoms with Crippen molar-refractivity contribution in [2.75, 3.05) is 21.3 Å². The lowest BCUT2D eigenvalue weighted by atomic mass is 10.0. The molecule has 0 aliphatic heterocycles. The van der Waals surface area contributed by atoms with Gasteiger partial charge in [0.15, 0.2) is 11.5 Å². The fraction of sp³-hybridized carbons (Fsp3) is 0.263. The Balaban J connectivity index is 2.34. The highest BCUT2D eigenvalue weighted by Gasteiger charge is 2.23. The SMILES string of the molecule is COC(=O)C[C@@H](NC(=O)c1ccc(F)cc1F)c1ccc(OC)c(OC)c1. The number of hydrogen-bond donors (Lipinski definition) is 1. The fourth-order valence-corrected chi connectivity index (χ4v) is 2.48. The fourth-order valence-electron chi connectivity index (χ4n) is 2.48. The zero-order chi connectivity index (χ0) is 20.0. The molecule has 2 aromatic carbocycles. The first kappa shape index (κ1) is 20.2. The van der Waals surface area contributed by atoms with Crippen molar-refractivity contribution in [2.45, 2.75) is 12.5 Å². The number of carbonyl (C=O) groups excluding carboxylic acids is 2. The maximum atomic E-state index is 13.9. The van der Waals surface area contributed by atoms with E-state index in [1.54, 1.807) is 18.2 Å². The third-order valence-electron chi connectivity index (χ3n) is 3.89. The lowest BCUT2D eigenvalue weighted by Gasteiger charge is -2.20. The lowest BCUT2D eigenvalue weighted by Crippen LogP contribution is -2.31. The maximum Gasteiger partial charge on any atom is 0.307 e. The summed E-state index contributed by atoms with van der Waals surface area (Å²) in [4.78, 5) is 24.2. The quantitative estimate of drug-likeness (QED) is 0.749. The Bertz CT molecular complexity index is 841. The molecule has 0 saturated heterocycles. The van der Waals surface area contributed by atoms with Crippen molar-refractivity contribution in [1.82, 2.24) is 5.32 Å². The molecule has 8 heteroatoms. The van der Waals surface area contributed by atoms with Crippen LogP contribution in [0.1, 0.15) is 28.4 Å². The Kier molecular flexibility index (Phi) is 6.70. The van der Waals surface area contributed by atoms with Gasteiger partial charge in [-0.25, -0.2) is 8.78 Å². The van der Waals surface area contributed by atoms with E-state index in [9.17, 15) is 18.4 Å². The highest BCUT2D eigenvalue weighted by atomic mass is 19.1. The first-order valence-electron chi connectivity index (χ1n) is 7.94. The van der Waals surface area contributed by atoms with Crippen molar-refractivity contribution < 1.29 is 32.6 Å². The summed E-state index contributed by atoms with van der Waals surface area (Å²) in [5, 5.41) is 2.57. The topological polar surface area (TPSA) is 73.9 Å². The van der Waals surface area contributed by atoms with Gasteiger partial charge in [-0.3, -0.25) is 9.59 Å². The van der Waals surface area contributed by atoms with Gasteiger partial charge in [0.1, 0.15) is 11.6 Å². The molecule has 0 bridgehead atoms. The molecule has 0 fully saturated rings. The minimum Gasteiger partial charge on any atom is -0.493 e. The van der Waals surface area contributed by atoms with Crippen LogP contribution in [-0.4, -0.2) is 33.2 Å². The van der Waals surface area contributed by atoms with Crippen LogP contribution in [0.3, 0.4) is 0 Å². The molecule has 1 amide bonds. The summed E-state index contributed by atoms with van der Waals surface area (Å²) < 4.78 is 42.0. The standard InChI is InChI=1S/C19H19F2NO5/c1-25-16-7-4-11(8-17(16)26-2)15(10-18(23)27-3)22-19(24)13-6-5-12(20)9-14(13)21/h4-9,15H,10H2,1-3H3,(H,22,24)/t15-/m1/s1. The van der Waals surface area contributed by atoms with Crippen molar-refractivity contribution in [3.63, 3.8) is 0 Å². The predicted octanol–water partition coefficient (Wildman–Crippen LogP) is 3.02. The van der Waals surface area contributed by atoms with Crippen LogP contribution in [0.2, 0.25) is 0 Å². The molecule has 144 valence electrons. The second-order valence-electron chi connectivity index (χ2n) is 5.54. The van der Waals surface area contributed by atoms with E-state index >= 15 is 0 Å². The summed E-state index contributed by atoms with van der Waals surface area (Å²) in [7, 11) is 4.14. The number of rotatable bonds is 7. The Morgan fingerprint density at radius 2 is 1.70 bits per heavy atom. The van der Waals surface area contributed by atoms with E-state index in [0.29, 0.717) is 23.1 Å². The zero-order valence-electron chi connectivity index (χ0n) is 15.0. The van der Waals surface area contributed by atoms with Crippen LogP contribution in [0.25, 0.3) is 0 Å². The van der Waals surface area contributed by atoms with Gasteiger partial charge in [-0.05, 0) is 29.8 Å². The first-order chi connectivity index (χ1) is 12.9. The highest BCUT2D eigenvalue weighted by molar-refractivity contribution is 5.95. The maximum absolute atomic E-state index is 13.9. The van der Waals surface area contributed by atoms with Crippen LogP contribution in [0.5, 0.6) is 11.5 Å². The van der Waals surface area contributed by atoms with E-state index < -0.39 is 29.6 Å². The molecular weight excluding hydrogens is 360 g/mol. The summed E-state index contributed by atoms with van der Waals surface area (Å²) in [6.07, 6.45) is -0.194. The Morgan fingerprint density at radius 3 is 2.30 bits per heavy atom. The Hall–Kier alpha value is -3.16. The minimum atomic E-state index is -1.00. The predicted molar refractivity (Wildman–Crippen MR) is 92.7 cm³/mol. The van der Waals surface area contributed by atoms with Crippen LogP contribution in [-0.2, 0) is 9.53 Å². The van der Waals surface area contributed by atoms with Crippen molar-refractivity contribution in [3.05, 3.63) is 59.2 Å². The van der Waals surface area contributed by atoms with Crippen LogP contribution >= 0.6 is 0 Å². The lowest BCUT2D eigenvalue weighted by molar-refractivity contribution is -0.141. The molecule has 1 atom stereocenters. The van der Waals surface area contributed by atoms with E-state index in [2.05, 4.69) is 10.1 Å². The average Bonchev–Trinajstić information content (AvgIpc) is 2.66. The summed E-state index contributed by atoms with van der Waals surface area (Å²) in [6, 6.07) is 6.63. The molecule has 0 aromatic heterocycles. The molecule has 27 heavy (non-hydrogen) atoms. The van der Waals surface area contributed by atoms with E-state index in [-0.39, 0.29) is 12.0 Å². The molecule has 0 spiro atoms. The minimum absolute atomic E-state index is 0.194. The average molecular weight is 379 g/mol. The van der Waals surface area contributed by atoms with Crippen LogP contribution in [0, 0.1) is 11.6 Å². The van der Waals surface area contributed by atoms with Crippen molar-refractivity contribution in [3.8, 4) is 11.5 Å². The number of nitrogens with one attached hydrogen (secondary N) is 1. The van der Waals surface area contributed by atoms with E-state index in [4.69, 9.17) is 9.47 Å². The molecule has 2 aromatic rings. The molecule has 1 N–H and O–H groups in total. The van der Waals surface area contributed by atoms with Gasteiger partial charge in [0.25, 0.3) is 5.91 Å². The molecule has 2 rings (SSSR count).